The number of phenolic OH excluding ortho intramolecular Hbond substituents is 1. The van der Waals surface area contributed by atoms with E-state index in [4.69, 9.17) is 28.1 Å². The summed E-state index contributed by atoms with van der Waals surface area (Å²) in [6.07, 6.45) is 3.67. The van der Waals surface area contributed by atoms with Crippen molar-refractivity contribution in [2.75, 3.05) is 19.4 Å². The molecular weight excluding hydrogens is 580 g/mol. The molecule has 4 aliphatic rings. The summed E-state index contributed by atoms with van der Waals surface area (Å²) in [6, 6.07) is 1.32. The van der Waals surface area contributed by atoms with Gasteiger partial charge in [0.2, 0.25) is 0 Å². The molecule has 7 atom stereocenters. The van der Waals surface area contributed by atoms with E-state index in [9.17, 15) is 39.2 Å². The van der Waals surface area contributed by atoms with E-state index >= 15 is 0 Å². The Kier molecular flexibility index (Phi) is 7.00. The third-order valence-electron chi connectivity index (χ3n) is 9.47. The van der Waals surface area contributed by atoms with E-state index in [-0.39, 0.29) is 22.9 Å². The fourth-order valence-corrected chi connectivity index (χ4v) is 8.98. The molecule has 230 valence electrons. The normalized spacial score (nSPS) is 34.9. The number of fused-ring (bicyclic) bond motifs is 3. The number of amides is 1. The molecule has 14 N–H and O–H groups in total. The van der Waals surface area contributed by atoms with Gasteiger partial charge < -0.3 is 43.6 Å². The van der Waals surface area contributed by atoms with Gasteiger partial charge in [0.05, 0.1) is 62.3 Å². The van der Waals surface area contributed by atoms with Crippen molar-refractivity contribution in [2.24, 2.45) is 33.5 Å². The molecule has 5 rings (SSSR count). The Morgan fingerprint density at radius 2 is 1.77 bits per heavy atom. The number of ketones is 2. The molecule has 2 fully saturated rings. The third kappa shape index (κ3) is 3.57. The minimum atomic E-state index is -3.06. The number of Topliss-reactive ketones (excluding diaryl/α,β-unsaturated/α-hetero) is 2. The van der Waals surface area contributed by atoms with Crippen LogP contribution in [-0.2, 0) is 25.4 Å². The Morgan fingerprint density at radius 3 is 2.28 bits per heavy atom. The van der Waals surface area contributed by atoms with E-state index in [1.807, 2.05) is 0 Å². The predicted molar refractivity (Wildman–Crippen MR) is 155 cm³/mol. The van der Waals surface area contributed by atoms with Crippen LogP contribution in [0.25, 0.3) is 5.76 Å². The minimum Gasteiger partial charge on any atom is -0.509 e. The van der Waals surface area contributed by atoms with Gasteiger partial charge in [0.1, 0.15) is 22.8 Å². The summed E-state index contributed by atoms with van der Waals surface area (Å²) in [5, 5.41) is 52.3. The molecule has 1 unspecified atom stereocenters. The Morgan fingerprint density at radius 1 is 1.16 bits per heavy atom. The van der Waals surface area contributed by atoms with Gasteiger partial charge in [0.15, 0.2) is 17.0 Å². The first-order valence-electron chi connectivity index (χ1n) is 13.5. The van der Waals surface area contributed by atoms with Crippen molar-refractivity contribution in [3.05, 3.63) is 40.2 Å². The quantitative estimate of drug-likeness (QED) is 0.132. The molecule has 43 heavy (non-hydrogen) atoms. The highest BCUT2D eigenvalue weighted by molar-refractivity contribution is 7.83. The number of nitrogens with zero attached hydrogens (tertiary/aromatic N) is 2. The molecule has 1 amide bonds. The summed E-state index contributed by atoms with van der Waals surface area (Å²) in [7, 11) is -0.0395. The number of hydrogen-bond acceptors (Lipinski definition) is 13. The second-order valence-electron chi connectivity index (χ2n) is 11.8. The van der Waals surface area contributed by atoms with E-state index in [2.05, 4.69) is 5.32 Å². The van der Waals surface area contributed by atoms with Crippen molar-refractivity contribution in [3.63, 3.8) is 0 Å². The minimum absolute atomic E-state index is 0.0376. The zero-order valence-corrected chi connectivity index (χ0v) is 24.3. The molecule has 2 saturated carbocycles. The molecule has 0 saturated heterocycles. The standard InChI is InChI=1S/C27H34N8O7S/c1-35(2)20-18(38)14(23(30)41)21(39)25(9-28)22(40)15-17(37)13-11(7-8-12(16(13)36)34-10-5-3-4-6-10)19(29)26(15,31)24(43(33)42)27(20,25)32/h7-8,10,19-20,24,34,36-37,39H,3-6,29,31-33H2,1-2H3,(H2,30,41)/t19-,20+,24-,25-,26+,27-,43?/m0/s1. The number of primary amides is 1. The Balaban J connectivity index is 1.90. The molecule has 15 nitrogen and oxygen atoms in total. The largest absolute Gasteiger partial charge is 0.509 e. The number of benzene rings is 1. The maximum atomic E-state index is 14.7. The van der Waals surface area contributed by atoms with Crippen molar-refractivity contribution in [2.45, 2.75) is 60.1 Å². The van der Waals surface area contributed by atoms with Crippen LogP contribution in [0.1, 0.15) is 42.9 Å². The first kappa shape index (κ1) is 30.6. The Bertz CT molecular complexity index is 1610. The number of aliphatic hydroxyl groups is 2. The number of hydrogen-bond donors (Lipinski definition) is 9. The van der Waals surface area contributed by atoms with Crippen LogP contribution >= 0.6 is 0 Å². The lowest BCUT2D eigenvalue weighted by atomic mass is 9.46. The summed E-state index contributed by atoms with van der Waals surface area (Å²) in [5.74, 6) is -6.84. The van der Waals surface area contributed by atoms with Gasteiger partial charge in [-0.1, -0.05) is 18.9 Å². The summed E-state index contributed by atoms with van der Waals surface area (Å²) in [6.45, 7) is 0. The fraction of sp³-hybridized carbons (Fsp3) is 0.481. The van der Waals surface area contributed by atoms with Crippen molar-refractivity contribution < 1.29 is 33.9 Å². The number of rotatable bonds is 5. The number of nitriles is 1. The number of likely N-dealkylation sites (N-methyl/N-ethyl adjacent to an activating group) is 1. The van der Waals surface area contributed by atoms with E-state index in [0.717, 1.165) is 30.6 Å². The Hall–Kier alpha value is -3.85. The number of aromatic hydroxyl groups is 1. The maximum Gasteiger partial charge on any atom is 0.255 e. The monoisotopic (exact) mass is 614 g/mol. The molecule has 0 aromatic heterocycles. The SMILES string of the molecule is CN(C)[C@@H]1C(=O)C(C(N)=O)=C(O)[C@@]2(C#N)C(=O)C3=C(O)c4c(ccc(NC5CCCC5)c4O)[C@H](N)[C@@]3(N)[C@H](S(N)=O)[C@@]12N. The molecular formula is C27H34N8O7S. The molecule has 1 aromatic carbocycles. The zero-order chi connectivity index (χ0) is 32.0. The number of carbonyl (C=O) groups excluding carboxylic acids is 3. The molecule has 1 aromatic rings. The van der Waals surface area contributed by atoms with Gasteiger partial charge in [-0.3, -0.25) is 24.4 Å². The summed E-state index contributed by atoms with van der Waals surface area (Å²) in [4.78, 5) is 41.9. The van der Waals surface area contributed by atoms with E-state index in [1.54, 1.807) is 6.07 Å². The topological polar surface area (TPSA) is 298 Å². The Labute approximate surface area is 248 Å². The third-order valence-corrected chi connectivity index (χ3v) is 10.7. The van der Waals surface area contributed by atoms with Crippen LogP contribution in [0, 0.1) is 16.7 Å². The van der Waals surface area contributed by atoms with Crippen molar-refractivity contribution in [1.29, 1.82) is 5.26 Å². The number of carbonyl (C=O) groups is 3. The highest BCUT2D eigenvalue weighted by Gasteiger charge is 2.80. The molecule has 0 radical (unpaired) electrons. The molecule has 0 bridgehead atoms. The lowest BCUT2D eigenvalue weighted by Gasteiger charge is -2.63. The smallest absolute Gasteiger partial charge is 0.255 e. The van der Waals surface area contributed by atoms with Crippen LogP contribution in [0.3, 0.4) is 0 Å². The van der Waals surface area contributed by atoms with Crippen LogP contribution in [0.4, 0.5) is 5.69 Å². The maximum absolute atomic E-state index is 14.7. The van der Waals surface area contributed by atoms with Gasteiger partial charge in [-0.2, -0.15) is 5.26 Å². The van der Waals surface area contributed by atoms with Crippen molar-refractivity contribution in [1.82, 2.24) is 4.90 Å². The van der Waals surface area contributed by atoms with Gasteiger partial charge in [-0.15, -0.1) is 0 Å². The lowest BCUT2D eigenvalue weighted by Crippen LogP contribution is -2.88. The molecule has 16 heteroatoms. The molecule has 0 heterocycles. The van der Waals surface area contributed by atoms with E-state index in [0.29, 0.717) is 0 Å². The number of nitrogens with one attached hydrogen (secondary N) is 1. The van der Waals surface area contributed by atoms with Gasteiger partial charge >= 0.3 is 0 Å². The number of anilines is 1. The number of phenols is 1. The van der Waals surface area contributed by atoms with Crippen LogP contribution in [-0.4, -0.2) is 84.4 Å². The molecule has 4 aliphatic carbocycles. The van der Waals surface area contributed by atoms with Gasteiger partial charge in [-0.25, -0.2) is 4.21 Å². The van der Waals surface area contributed by atoms with Crippen LogP contribution < -0.4 is 33.4 Å². The first-order valence-corrected chi connectivity index (χ1v) is 14.8. The number of nitrogens with two attached hydrogens (primary N) is 5. The zero-order valence-electron chi connectivity index (χ0n) is 23.5. The number of aliphatic hydroxyl groups excluding tert-OH is 2. The first-order chi connectivity index (χ1) is 20.0. The van der Waals surface area contributed by atoms with Gasteiger partial charge in [-0.05, 0) is 38.6 Å². The second kappa shape index (κ2) is 9.84. The van der Waals surface area contributed by atoms with Gasteiger partial charge in [0.25, 0.3) is 5.91 Å². The van der Waals surface area contributed by atoms with Crippen LogP contribution in [0.5, 0.6) is 5.75 Å². The molecule has 0 spiro atoms. The van der Waals surface area contributed by atoms with E-state index < -0.39 is 90.7 Å². The second-order valence-corrected chi connectivity index (χ2v) is 13.0. The summed E-state index contributed by atoms with van der Waals surface area (Å²) < 4.78 is 13.5. The fourth-order valence-electron chi connectivity index (χ4n) is 7.64. The van der Waals surface area contributed by atoms with Crippen LogP contribution in [0.15, 0.2) is 29.0 Å². The molecule has 0 aliphatic heterocycles. The van der Waals surface area contributed by atoms with Gasteiger partial charge in [0, 0.05) is 6.04 Å². The highest BCUT2D eigenvalue weighted by atomic mass is 32.2. The summed E-state index contributed by atoms with van der Waals surface area (Å²) in [5.41, 5.74) is 15.8. The predicted octanol–water partition coefficient (Wildman–Crippen LogP) is -1.68. The van der Waals surface area contributed by atoms with Crippen LogP contribution in [0.2, 0.25) is 0 Å². The highest BCUT2D eigenvalue weighted by Crippen LogP contribution is 2.61. The van der Waals surface area contributed by atoms with Crippen molar-refractivity contribution in [3.8, 4) is 11.8 Å². The average molecular weight is 615 g/mol. The van der Waals surface area contributed by atoms with E-state index in [1.165, 1.54) is 26.2 Å². The lowest BCUT2D eigenvalue weighted by molar-refractivity contribution is -0.139. The summed E-state index contributed by atoms with van der Waals surface area (Å²) >= 11 is 0. The van der Waals surface area contributed by atoms with Crippen molar-refractivity contribution >= 4 is 39.9 Å². The average Bonchev–Trinajstić information content (AvgIpc) is 3.41.